The van der Waals surface area contributed by atoms with E-state index in [1.807, 2.05) is 19.3 Å². The van der Waals surface area contributed by atoms with Gasteiger partial charge in [-0.2, -0.15) is 0 Å². The van der Waals surface area contributed by atoms with Crippen LogP contribution >= 0.6 is 24.0 Å². The third kappa shape index (κ3) is 7.40. The number of hydrogen-bond donors (Lipinski definition) is 2. The number of aryl methyl sites for hydroxylation is 1. The van der Waals surface area contributed by atoms with E-state index in [-0.39, 0.29) is 24.0 Å². The fraction of sp³-hybridized carbons (Fsp3) is 0.500. The Morgan fingerprint density at radius 3 is 2.82 bits per heavy atom. The summed E-state index contributed by atoms with van der Waals surface area (Å²) in [5.41, 5.74) is 8.39. The van der Waals surface area contributed by atoms with Gasteiger partial charge in [-0.05, 0) is 31.0 Å². The number of nitrogens with one attached hydrogen (secondary N) is 1. The summed E-state index contributed by atoms with van der Waals surface area (Å²) in [5, 5.41) is 3.21. The fourth-order valence-corrected chi connectivity index (χ4v) is 3.17. The number of aromatic nitrogens is 2. The largest absolute Gasteiger partial charge is 0.379 e. The van der Waals surface area contributed by atoms with Crippen molar-refractivity contribution in [1.82, 2.24) is 19.8 Å². The summed E-state index contributed by atoms with van der Waals surface area (Å²) in [6.45, 7) is 9.06. The number of nitrogens with zero attached hydrogens (tertiary/aromatic N) is 4. The second-order valence-corrected chi connectivity index (χ2v) is 6.86. The molecule has 0 atom stereocenters. The molecule has 1 aromatic heterocycles. The molecule has 8 heteroatoms. The maximum atomic E-state index is 6.00. The first-order valence-corrected chi connectivity index (χ1v) is 9.60. The summed E-state index contributed by atoms with van der Waals surface area (Å²) in [6, 6.07) is 8.45. The van der Waals surface area contributed by atoms with Crippen molar-refractivity contribution in [1.29, 1.82) is 0 Å². The second-order valence-electron chi connectivity index (χ2n) is 6.86. The average molecular weight is 498 g/mol. The zero-order valence-corrected chi connectivity index (χ0v) is 18.8. The molecule has 1 aliphatic rings. The lowest BCUT2D eigenvalue weighted by molar-refractivity contribution is 0.0376. The highest BCUT2D eigenvalue weighted by Gasteiger charge is 2.09. The van der Waals surface area contributed by atoms with E-state index in [4.69, 9.17) is 10.5 Å². The monoisotopic (exact) mass is 498 g/mol. The van der Waals surface area contributed by atoms with E-state index in [9.17, 15) is 0 Å². The highest BCUT2D eigenvalue weighted by atomic mass is 127. The van der Waals surface area contributed by atoms with E-state index >= 15 is 0 Å². The molecule has 3 rings (SSSR count). The predicted molar refractivity (Wildman–Crippen MR) is 123 cm³/mol. The first-order valence-electron chi connectivity index (χ1n) is 9.60. The van der Waals surface area contributed by atoms with Gasteiger partial charge in [0.1, 0.15) is 5.82 Å². The number of rotatable bonds is 8. The molecule has 0 spiro atoms. The summed E-state index contributed by atoms with van der Waals surface area (Å²) < 4.78 is 7.49. The van der Waals surface area contributed by atoms with Crippen molar-refractivity contribution in [3.63, 3.8) is 0 Å². The topological polar surface area (TPSA) is 80.7 Å². The van der Waals surface area contributed by atoms with Crippen LogP contribution in [-0.4, -0.2) is 59.8 Å². The number of ether oxygens (including phenoxy) is 1. The van der Waals surface area contributed by atoms with E-state index < -0.39 is 0 Å². The number of morpholine rings is 1. The second kappa shape index (κ2) is 12.0. The highest BCUT2D eigenvalue weighted by Crippen LogP contribution is 2.09. The quantitative estimate of drug-likeness (QED) is 0.252. The number of hydrogen-bond acceptors (Lipinski definition) is 4. The van der Waals surface area contributed by atoms with Gasteiger partial charge >= 0.3 is 0 Å². The zero-order chi connectivity index (χ0) is 18.9. The average Bonchev–Trinajstić information content (AvgIpc) is 3.09. The van der Waals surface area contributed by atoms with Crippen molar-refractivity contribution in [3.05, 3.63) is 53.6 Å². The van der Waals surface area contributed by atoms with Crippen molar-refractivity contribution in [2.45, 2.75) is 26.4 Å². The first kappa shape index (κ1) is 22.6. The van der Waals surface area contributed by atoms with Gasteiger partial charge in [-0.25, -0.2) is 9.98 Å². The molecule has 2 heterocycles. The van der Waals surface area contributed by atoms with Crippen molar-refractivity contribution in [3.8, 4) is 0 Å². The van der Waals surface area contributed by atoms with Crippen LogP contribution in [0.15, 0.2) is 41.7 Å². The molecule has 2 aromatic rings. The molecule has 0 bridgehead atoms. The Kier molecular flexibility index (Phi) is 9.72. The first-order chi connectivity index (χ1) is 13.2. The Bertz CT molecular complexity index is 742. The summed E-state index contributed by atoms with van der Waals surface area (Å²) in [6.07, 6.45) is 4.88. The summed E-state index contributed by atoms with van der Waals surface area (Å²) in [4.78, 5) is 11.2. The van der Waals surface area contributed by atoms with Gasteiger partial charge in [-0.1, -0.05) is 24.3 Å². The smallest absolute Gasteiger partial charge is 0.188 e. The van der Waals surface area contributed by atoms with Crippen LogP contribution in [0.1, 0.15) is 23.4 Å². The van der Waals surface area contributed by atoms with Gasteiger partial charge < -0.3 is 20.4 Å². The predicted octanol–water partition coefficient (Wildman–Crippen LogP) is 1.98. The van der Waals surface area contributed by atoms with E-state index in [2.05, 4.69) is 49.0 Å². The van der Waals surface area contributed by atoms with Crippen molar-refractivity contribution < 1.29 is 4.74 Å². The third-order valence-electron chi connectivity index (χ3n) is 4.76. The molecule has 0 amide bonds. The van der Waals surface area contributed by atoms with Crippen LogP contribution in [0.4, 0.5) is 0 Å². The lowest BCUT2D eigenvalue weighted by atomic mass is 10.1. The van der Waals surface area contributed by atoms with Gasteiger partial charge in [0, 0.05) is 38.6 Å². The molecule has 1 fully saturated rings. The van der Waals surface area contributed by atoms with Crippen LogP contribution in [0.3, 0.4) is 0 Å². The minimum Gasteiger partial charge on any atom is -0.379 e. The number of nitrogens with two attached hydrogens (primary N) is 1. The van der Waals surface area contributed by atoms with E-state index in [1.54, 1.807) is 0 Å². The summed E-state index contributed by atoms with van der Waals surface area (Å²) in [5.74, 6) is 1.52. The van der Waals surface area contributed by atoms with Crippen LogP contribution in [0.2, 0.25) is 0 Å². The summed E-state index contributed by atoms with van der Waals surface area (Å²) >= 11 is 0. The molecule has 7 nitrogen and oxygen atoms in total. The molecule has 0 radical (unpaired) electrons. The molecule has 0 aliphatic carbocycles. The minimum atomic E-state index is 0. The molecule has 28 heavy (non-hydrogen) atoms. The molecule has 3 N–H and O–H groups in total. The van der Waals surface area contributed by atoms with E-state index in [1.165, 1.54) is 5.56 Å². The Balaban J connectivity index is 0.00000280. The number of aliphatic imine (C=N–C) groups is 1. The molecule has 1 aliphatic heterocycles. The van der Waals surface area contributed by atoms with E-state index in [0.717, 1.165) is 63.7 Å². The molecule has 0 saturated carbocycles. The SMILES string of the molecule is Cc1nccn1Cc1cccc(CN=C(N)NCCCN2CCOCC2)c1.I. The van der Waals surface area contributed by atoms with Gasteiger partial charge in [-0.15, -0.1) is 24.0 Å². The Labute approximate surface area is 184 Å². The molecule has 154 valence electrons. The fourth-order valence-electron chi connectivity index (χ4n) is 3.17. The number of halogens is 1. The van der Waals surface area contributed by atoms with Gasteiger partial charge in [-0.3, -0.25) is 4.90 Å². The zero-order valence-electron chi connectivity index (χ0n) is 16.5. The third-order valence-corrected chi connectivity index (χ3v) is 4.76. The van der Waals surface area contributed by atoms with Crippen LogP contribution in [0.25, 0.3) is 0 Å². The normalized spacial score (nSPS) is 15.2. The number of benzene rings is 1. The Morgan fingerprint density at radius 2 is 2.07 bits per heavy atom. The van der Waals surface area contributed by atoms with Crippen molar-refractivity contribution in [2.24, 2.45) is 10.7 Å². The molecule has 1 saturated heterocycles. The number of imidazole rings is 1. The Morgan fingerprint density at radius 1 is 1.29 bits per heavy atom. The Hall–Kier alpha value is -1.65. The maximum absolute atomic E-state index is 6.00. The lowest BCUT2D eigenvalue weighted by Gasteiger charge is -2.26. The minimum absolute atomic E-state index is 0. The van der Waals surface area contributed by atoms with Crippen LogP contribution in [0, 0.1) is 6.92 Å². The van der Waals surface area contributed by atoms with Gasteiger partial charge in [0.05, 0.1) is 19.8 Å². The number of guanidine groups is 1. The van der Waals surface area contributed by atoms with Crippen LogP contribution in [-0.2, 0) is 17.8 Å². The maximum Gasteiger partial charge on any atom is 0.188 e. The van der Waals surface area contributed by atoms with Crippen molar-refractivity contribution >= 4 is 29.9 Å². The highest BCUT2D eigenvalue weighted by molar-refractivity contribution is 14.0. The van der Waals surface area contributed by atoms with Crippen molar-refractivity contribution in [2.75, 3.05) is 39.4 Å². The molecular weight excluding hydrogens is 467 g/mol. The molecule has 0 unspecified atom stereocenters. The van der Waals surface area contributed by atoms with Crippen LogP contribution in [0.5, 0.6) is 0 Å². The van der Waals surface area contributed by atoms with Crippen LogP contribution < -0.4 is 11.1 Å². The van der Waals surface area contributed by atoms with Gasteiger partial charge in [0.25, 0.3) is 0 Å². The standard InChI is InChI=1S/C20H30N6O.HI/c1-17-22-7-9-26(17)16-19-5-2-4-18(14-19)15-24-20(21)23-6-3-8-25-10-12-27-13-11-25;/h2,4-5,7,9,14H,3,6,8,10-13,15-16H2,1H3,(H3,21,23,24);1H. The van der Waals surface area contributed by atoms with E-state index in [0.29, 0.717) is 12.5 Å². The lowest BCUT2D eigenvalue weighted by Crippen LogP contribution is -2.39. The molecule has 1 aromatic carbocycles. The van der Waals surface area contributed by atoms with Gasteiger partial charge in [0.15, 0.2) is 5.96 Å². The summed E-state index contributed by atoms with van der Waals surface area (Å²) in [7, 11) is 0. The van der Waals surface area contributed by atoms with Gasteiger partial charge in [0.2, 0.25) is 0 Å². The molecular formula is C20H31IN6O.